The predicted molar refractivity (Wildman–Crippen MR) is 64.3 cm³/mol. The SMILES string of the molecule is CCOc1ccc(C(=O)CC)c(N)c1Br. The number of Topliss-reactive ketones (excluding diaryl/α,β-unsaturated/α-hetero) is 1. The third kappa shape index (κ3) is 2.50. The molecule has 0 saturated carbocycles. The number of nitrogen functional groups attached to an aromatic ring is 1. The number of hydrogen-bond acceptors (Lipinski definition) is 3. The number of hydrogen-bond donors (Lipinski definition) is 1. The molecule has 1 aromatic rings. The second-order valence-corrected chi connectivity index (χ2v) is 3.84. The van der Waals surface area contributed by atoms with Crippen LogP contribution >= 0.6 is 15.9 Å². The Kier molecular flexibility index (Phi) is 4.15. The zero-order valence-electron chi connectivity index (χ0n) is 8.84. The molecule has 1 aromatic carbocycles. The number of benzene rings is 1. The van der Waals surface area contributed by atoms with Crippen molar-refractivity contribution in [1.82, 2.24) is 0 Å². The second-order valence-electron chi connectivity index (χ2n) is 3.05. The number of ether oxygens (including phenoxy) is 1. The Morgan fingerprint density at radius 3 is 2.67 bits per heavy atom. The average Bonchev–Trinajstić information content (AvgIpc) is 2.24. The van der Waals surface area contributed by atoms with E-state index in [1.807, 2.05) is 13.8 Å². The molecule has 82 valence electrons. The summed E-state index contributed by atoms with van der Waals surface area (Å²) in [5, 5.41) is 0. The summed E-state index contributed by atoms with van der Waals surface area (Å²) in [7, 11) is 0. The monoisotopic (exact) mass is 271 g/mol. The number of ketones is 1. The second kappa shape index (κ2) is 5.16. The minimum Gasteiger partial charge on any atom is -0.493 e. The molecule has 3 nitrogen and oxygen atoms in total. The van der Waals surface area contributed by atoms with Crippen molar-refractivity contribution in [1.29, 1.82) is 0 Å². The molecule has 0 saturated heterocycles. The highest BCUT2D eigenvalue weighted by Crippen LogP contribution is 2.33. The van der Waals surface area contributed by atoms with Crippen molar-refractivity contribution in [2.45, 2.75) is 20.3 Å². The molecular formula is C11H14BrNO2. The fraction of sp³-hybridized carbons (Fsp3) is 0.364. The lowest BCUT2D eigenvalue weighted by atomic mass is 10.1. The van der Waals surface area contributed by atoms with E-state index in [0.29, 0.717) is 34.5 Å². The lowest BCUT2D eigenvalue weighted by Crippen LogP contribution is -2.04. The molecule has 0 aromatic heterocycles. The first-order valence-corrected chi connectivity index (χ1v) is 5.65. The van der Waals surface area contributed by atoms with Crippen LogP contribution in [0.4, 0.5) is 5.69 Å². The van der Waals surface area contributed by atoms with E-state index in [-0.39, 0.29) is 5.78 Å². The van der Waals surface area contributed by atoms with Gasteiger partial charge in [0.1, 0.15) is 5.75 Å². The Morgan fingerprint density at radius 1 is 1.47 bits per heavy atom. The standard InChI is InChI=1S/C11H14BrNO2/c1-3-8(14)7-5-6-9(15-4-2)10(12)11(7)13/h5-6H,3-4,13H2,1-2H3. The van der Waals surface area contributed by atoms with E-state index >= 15 is 0 Å². The van der Waals surface area contributed by atoms with Crippen molar-refractivity contribution in [2.24, 2.45) is 0 Å². The fourth-order valence-corrected chi connectivity index (χ4v) is 1.73. The molecule has 1 rings (SSSR count). The fourth-order valence-electron chi connectivity index (χ4n) is 1.27. The van der Waals surface area contributed by atoms with Gasteiger partial charge in [-0.1, -0.05) is 6.92 Å². The van der Waals surface area contributed by atoms with Gasteiger partial charge in [0.2, 0.25) is 0 Å². The molecule has 2 N–H and O–H groups in total. The summed E-state index contributed by atoms with van der Waals surface area (Å²) in [4.78, 5) is 11.5. The number of halogens is 1. The lowest BCUT2D eigenvalue weighted by molar-refractivity contribution is 0.0989. The van der Waals surface area contributed by atoms with Crippen molar-refractivity contribution in [3.8, 4) is 5.75 Å². The molecular weight excluding hydrogens is 258 g/mol. The van der Waals surface area contributed by atoms with Gasteiger partial charge in [-0.2, -0.15) is 0 Å². The molecule has 0 radical (unpaired) electrons. The molecule has 0 amide bonds. The van der Waals surface area contributed by atoms with E-state index < -0.39 is 0 Å². The van der Waals surface area contributed by atoms with Gasteiger partial charge in [0.05, 0.1) is 16.8 Å². The number of carbonyl (C=O) groups is 1. The third-order valence-corrected chi connectivity index (χ3v) is 2.88. The molecule has 15 heavy (non-hydrogen) atoms. The van der Waals surface area contributed by atoms with E-state index in [2.05, 4.69) is 15.9 Å². The molecule has 0 unspecified atom stereocenters. The summed E-state index contributed by atoms with van der Waals surface area (Å²) >= 11 is 3.33. The third-order valence-electron chi connectivity index (χ3n) is 2.07. The normalized spacial score (nSPS) is 10.1. The summed E-state index contributed by atoms with van der Waals surface area (Å²) in [6.45, 7) is 4.28. The van der Waals surface area contributed by atoms with E-state index in [9.17, 15) is 4.79 Å². The van der Waals surface area contributed by atoms with Crippen LogP contribution < -0.4 is 10.5 Å². The van der Waals surface area contributed by atoms with Crippen molar-refractivity contribution < 1.29 is 9.53 Å². The molecule has 0 spiro atoms. The first kappa shape index (κ1) is 12.0. The summed E-state index contributed by atoms with van der Waals surface area (Å²) < 4.78 is 6.00. The highest BCUT2D eigenvalue weighted by Gasteiger charge is 2.13. The Labute approximate surface area is 97.7 Å². The smallest absolute Gasteiger partial charge is 0.164 e. The number of carbonyl (C=O) groups excluding carboxylic acids is 1. The Bertz CT molecular complexity index is 377. The van der Waals surface area contributed by atoms with Crippen LogP contribution in [0.5, 0.6) is 5.75 Å². The van der Waals surface area contributed by atoms with Crippen LogP contribution in [-0.4, -0.2) is 12.4 Å². The van der Waals surface area contributed by atoms with Gasteiger partial charge in [-0.05, 0) is 35.0 Å². The van der Waals surface area contributed by atoms with Crippen LogP contribution in [0.3, 0.4) is 0 Å². The highest BCUT2D eigenvalue weighted by atomic mass is 79.9. The van der Waals surface area contributed by atoms with Gasteiger partial charge < -0.3 is 10.5 Å². The topological polar surface area (TPSA) is 52.3 Å². The average molecular weight is 272 g/mol. The Hall–Kier alpha value is -1.03. The van der Waals surface area contributed by atoms with Gasteiger partial charge >= 0.3 is 0 Å². The van der Waals surface area contributed by atoms with Crippen molar-refractivity contribution in [3.63, 3.8) is 0 Å². The minimum atomic E-state index is 0.0382. The summed E-state index contributed by atoms with van der Waals surface area (Å²) in [5.41, 5.74) is 6.84. The Morgan fingerprint density at radius 2 is 2.13 bits per heavy atom. The summed E-state index contributed by atoms with van der Waals surface area (Å²) in [6.07, 6.45) is 0.449. The van der Waals surface area contributed by atoms with Gasteiger partial charge in [-0.25, -0.2) is 0 Å². The van der Waals surface area contributed by atoms with Gasteiger partial charge in [0.15, 0.2) is 5.78 Å². The van der Waals surface area contributed by atoms with Crippen LogP contribution in [0.2, 0.25) is 0 Å². The quantitative estimate of drug-likeness (QED) is 0.677. The summed E-state index contributed by atoms with van der Waals surface area (Å²) in [5.74, 6) is 0.707. The van der Waals surface area contributed by atoms with Gasteiger partial charge in [0, 0.05) is 12.0 Å². The molecule has 4 heteroatoms. The number of nitrogens with two attached hydrogens (primary N) is 1. The maximum atomic E-state index is 11.5. The van der Waals surface area contributed by atoms with Crippen molar-refractivity contribution >= 4 is 27.4 Å². The summed E-state index contributed by atoms with van der Waals surface area (Å²) in [6, 6.07) is 3.46. The minimum absolute atomic E-state index is 0.0382. The van der Waals surface area contributed by atoms with E-state index in [1.165, 1.54) is 0 Å². The van der Waals surface area contributed by atoms with Crippen LogP contribution in [0, 0.1) is 0 Å². The largest absolute Gasteiger partial charge is 0.493 e. The zero-order valence-corrected chi connectivity index (χ0v) is 10.4. The van der Waals surface area contributed by atoms with E-state index in [0.717, 1.165) is 0 Å². The highest BCUT2D eigenvalue weighted by molar-refractivity contribution is 9.10. The molecule has 0 aliphatic rings. The van der Waals surface area contributed by atoms with Crippen molar-refractivity contribution in [3.05, 3.63) is 22.2 Å². The maximum Gasteiger partial charge on any atom is 0.164 e. The molecule has 0 atom stereocenters. The van der Waals surface area contributed by atoms with Crippen LogP contribution in [0.1, 0.15) is 30.6 Å². The number of anilines is 1. The van der Waals surface area contributed by atoms with Crippen molar-refractivity contribution in [2.75, 3.05) is 12.3 Å². The zero-order chi connectivity index (χ0) is 11.4. The van der Waals surface area contributed by atoms with E-state index in [4.69, 9.17) is 10.5 Å². The molecule has 0 aliphatic carbocycles. The van der Waals surface area contributed by atoms with Crippen LogP contribution in [0.25, 0.3) is 0 Å². The molecule has 0 fully saturated rings. The first-order chi connectivity index (χ1) is 7.11. The van der Waals surface area contributed by atoms with Gasteiger partial charge in [-0.3, -0.25) is 4.79 Å². The lowest BCUT2D eigenvalue weighted by Gasteiger charge is -2.10. The molecule has 0 bridgehead atoms. The molecule has 0 heterocycles. The predicted octanol–water partition coefficient (Wildman–Crippen LogP) is 3.02. The molecule has 0 aliphatic heterocycles. The number of rotatable bonds is 4. The van der Waals surface area contributed by atoms with Crippen LogP contribution in [-0.2, 0) is 0 Å². The Balaban J connectivity index is 3.15. The maximum absolute atomic E-state index is 11.5. The van der Waals surface area contributed by atoms with Crippen LogP contribution in [0.15, 0.2) is 16.6 Å². The van der Waals surface area contributed by atoms with Gasteiger partial charge in [0.25, 0.3) is 0 Å². The van der Waals surface area contributed by atoms with E-state index in [1.54, 1.807) is 12.1 Å². The first-order valence-electron chi connectivity index (χ1n) is 4.85. The van der Waals surface area contributed by atoms with Gasteiger partial charge in [-0.15, -0.1) is 0 Å².